The quantitative estimate of drug-likeness (QED) is 0.427. The number of nitrogens with zero attached hydrogens (tertiary/aromatic N) is 2. The molecule has 0 saturated carbocycles. The van der Waals surface area contributed by atoms with E-state index in [4.69, 9.17) is 5.73 Å². The van der Waals surface area contributed by atoms with E-state index >= 15 is 0 Å². The van der Waals surface area contributed by atoms with E-state index in [-0.39, 0.29) is 0 Å². The van der Waals surface area contributed by atoms with Crippen LogP contribution >= 0.6 is 0 Å². The van der Waals surface area contributed by atoms with Crippen LogP contribution in [0.5, 0.6) is 0 Å². The number of anilines is 1. The van der Waals surface area contributed by atoms with Gasteiger partial charge in [0.25, 0.3) is 0 Å². The maximum absolute atomic E-state index is 10.8. The van der Waals surface area contributed by atoms with E-state index in [0.717, 1.165) is 11.3 Å². The van der Waals surface area contributed by atoms with Gasteiger partial charge in [-0.15, -0.1) is 0 Å². The Bertz CT molecular complexity index is 437. The average molecular weight is 234 g/mol. The van der Waals surface area contributed by atoms with E-state index in [9.17, 15) is 9.59 Å². The molecule has 2 amide bonds. The maximum Gasteiger partial charge on any atom is 0.329 e. The highest BCUT2D eigenvalue weighted by Crippen LogP contribution is 2.10. The number of benzene rings is 1. The molecule has 0 radical (unpaired) electrons. The van der Waals surface area contributed by atoms with Gasteiger partial charge >= 0.3 is 11.8 Å². The van der Waals surface area contributed by atoms with Crippen molar-refractivity contribution in [1.82, 2.24) is 5.43 Å². The van der Waals surface area contributed by atoms with Crippen molar-refractivity contribution in [2.24, 2.45) is 10.8 Å². The van der Waals surface area contributed by atoms with Gasteiger partial charge in [-0.3, -0.25) is 9.59 Å². The third-order valence-corrected chi connectivity index (χ3v) is 2.01. The molecule has 6 heteroatoms. The molecule has 0 spiro atoms. The molecule has 1 aromatic rings. The van der Waals surface area contributed by atoms with Crippen LogP contribution in [-0.2, 0) is 9.59 Å². The van der Waals surface area contributed by atoms with Gasteiger partial charge in [0.2, 0.25) is 0 Å². The SMILES string of the molecule is CN(C)c1ccc(/C=N/NC(=O)C(N)=O)cc1. The first kappa shape index (κ1) is 12.7. The highest BCUT2D eigenvalue weighted by molar-refractivity contribution is 6.34. The summed E-state index contributed by atoms with van der Waals surface area (Å²) in [5.74, 6) is -2.00. The van der Waals surface area contributed by atoms with Crippen molar-refractivity contribution in [3.05, 3.63) is 29.8 Å². The van der Waals surface area contributed by atoms with Crippen LogP contribution in [-0.4, -0.2) is 32.1 Å². The number of carbonyl (C=O) groups excluding carboxylic acids is 2. The number of carbonyl (C=O) groups is 2. The molecular formula is C11H14N4O2. The highest BCUT2D eigenvalue weighted by atomic mass is 16.2. The summed E-state index contributed by atoms with van der Waals surface area (Å²) >= 11 is 0. The van der Waals surface area contributed by atoms with Crippen molar-refractivity contribution in [3.63, 3.8) is 0 Å². The molecule has 0 aromatic heterocycles. The van der Waals surface area contributed by atoms with E-state index in [1.165, 1.54) is 6.21 Å². The molecule has 0 aliphatic rings. The van der Waals surface area contributed by atoms with Crippen molar-refractivity contribution >= 4 is 23.7 Å². The Morgan fingerprint density at radius 1 is 1.29 bits per heavy atom. The summed E-state index contributed by atoms with van der Waals surface area (Å²) in [6, 6.07) is 7.51. The Morgan fingerprint density at radius 3 is 2.35 bits per heavy atom. The molecule has 0 bridgehead atoms. The highest BCUT2D eigenvalue weighted by Gasteiger charge is 2.05. The molecule has 0 heterocycles. The monoisotopic (exact) mass is 234 g/mol. The predicted molar refractivity (Wildman–Crippen MR) is 65.7 cm³/mol. The van der Waals surface area contributed by atoms with Crippen LogP contribution < -0.4 is 16.1 Å². The lowest BCUT2D eigenvalue weighted by atomic mass is 10.2. The summed E-state index contributed by atoms with van der Waals surface area (Å²) in [4.78, 5) is 23.1. The number of nitrogens with one attached hydrogen (secondary N) is 1. The minimum absolute atomic E-state index is 0.806. The summed E-state index contributed by atoms with van der Waals surface area (Å²) in [5.41, 5.74) is 8.62. The van der Waals surface area contributed by atoms with Gasteiger partial charge in [-0.25, -0.2) is 5.43 Å². The van der Waals surface area contributed by atoms with Crippen LogP contribution in [0.1, 0.15) is 5.56 Å². The fraction of sp³-hybridized carbons (Fsp3) is 0.182. The zero-order valence-corrected chi connectivity index (χ0v) is 9.68. The second-order valence-corrected chi connectivity index (χ2v) is 3.55. The zero-order chi connectivity index (χ0) is 12.8. The first-order valence-corrected chi connectivity index (χ1v) is 4.91. The minimum Gasteiger partial charge on any atom is -0.378 e. The largest absolute Gasteiger partial charge is 0.378 e. The van der Waals surface area contributed by atoms with Gasteiger partial charge in [0.05, 0.1) is 6.21 Å². The molecule has 90 valence electrons. The maximum atomic E-state index is 10.8. The van der Waals surface area contributed by atoms with E-state index in [2.05, 4.69) is 5.10 Å². The van der Waals surface area contributed by atoms with E-state index < -0.39 is 11.8 Å². The fourth-order valence-electron chi connectivity index (χ4n) is 1.08. The van der Waals surface area contributed by atoms with Crippen LogP contribution in [0, 0.1) is 0 Å². The first-order valence-electron chi connectivity index (χ1n) is 4.91. The normalized spacial score (nSPS) is 10.2. The molecule has 0 aliphatic carbocycles. The topological polar surface area (TPSA) is 87.8 Å². The van der Waals surface area contributed by atoms with Gasteiger partial charge in [0.15, 0.2) is 0 Å². The number of hydrogen-bond acceptors (Lipinski definition) is 4. The van der Waals surface area contributed by atoms with Gasteiger partial charge in [0, 0.05) is 19.8 Å². The van der Waals surface area contributed by atoms with Crippen molar-refractivity contribution < 1.29 is 9.59 Å². The first-order chi connectivity index (χ1) is 8.00. The van der Waals surface area contributed by atoms with Crippen LogP contribution in [0.2, 0.25) is 0 Å². The molecule has 6 nitrogen and oxygen atoms in total. The summed E-state index contributed by atoms with van der Waals surface area (Å²) in [7, 11) is 3.88. The van der Waals surface area contributed by atoms with Crippen molar-refractivity contribution in [2.75, 3.05) is 19.0 Å². The zero-order valence-electron chi connectivity index (χ0n) is 9.68. The molecule has 1 rings (SSSR count). The number of hydrogen-bond donors (Lipinski definition) is 2. The van der Waals surface area contributed by atoms with Crippen molar-refractivity contribution in [3.8, 4) is 0 Å². The molecule has 0 aliphatic heterocycles. The van der Waals surface area contributed by atoms with E-state index in [0.29, 0.717) is 0 Å². The van der Waals surface area contributed by atoms with Crippen molar-refractivity contribution in [1.29, 1.82) is 0 Å². The van der Waals surface area contributed by atoms with Gasteiger partial charge in [-0.05, 0) is 17.7 Å². The van der Waals surface area contributed by atoms with Crippen LogP contribution in [0.3, 0.4) is 0 Å². The third-order valence-electron chi connectivity index (χ3n) is 2.01. The third kappa shape index (κ3) is 3.94. The Balaban J connectivity index is 2.60. The Morgan fingerprint density at radius 2 is 1.88 bits per heavy atom. The standard InChI is InChI=1S/C11H14N4O2/c1-15(2)9-5-3-8(4-6-9)7-13-14-11(17)10(12)16/h3-7H,1-2H3,(H2,12,16)(H,14,17)/b13-7+. The van der Waals surface area contributed by atoms with Crippen LogP contribution in [0.4, 0.5) is 5.69 Å². The molecule has 17 heavy (non-hydrogen) atoms. The second-order valence-electron chi connectivity index (χ2n) is 3.55. The Labute approximate surface area is 99.1 Å². The smallest absolute Gasteiger partial charge is 0.329 e. The molecule has 0 saturated heterocycles. The number of hydrazone groups is 1. The lowest BCUT2D eigenvalue weighted by molar-refractivity contribution is -0.137. The van der Waals surface area contributed by atoms with Gasteiger partial charge in [-0.1, -0.05) is 12.1 Å². The number of primary amides is 1. The average Bonchev–Trinajstić information content (AvgIpc) is 2.29. The van der Waals surface area contributed by atoms with Crippen LogP contribution in [0.25, 0.3) is 0 Å². The molecule has 0 unspecified atom stereocenters. The van der Waals surface area contributed by atoms with Crippen molar-refractivity contribution in [2.45, 2.75) is 0 Å². The molecule has 0 fully saturated rings. The van der Waals surface area contributed by atoms with E-state index in [1.807, 2.05) is 48.7 Å². The lowest BCUT2D eigenvalue weighted by Gasteiger charge is -2.11. The Hall–Kier alpha value is -2.37. The van der Waals surface area contributed by atoms with Crippen LogP contribution in [0.15, 0.2) is 29.4 Å². The summed E-state index contributed by atoms with van der Waals surface area (Å²) in [5, 5.41) is 3.60. The summed E-state index contributed by atoms with van der Waals surface area (Å²) in [6.45, 7) is 0. The number of amides is 2. The van der Waals surface area contributed by atoms with E-state index in [1.54, 1.807) is 0 Å². The summed E-state index contributed by atoms with van der Waals surface area (Å²) < 4.78 is 0. The lowest BCUT2D eigenvalue weighted by Crippen LogP contribution is -2.32. The molecule has 0 atom stereocenters. The Kier molecular flexibility index (Phi) is 4.21. The molecular weight excluding hydrogens is 220 g/mol. The van der Waals surface area contributed by atoms with Gasteiger partial charge < -0.3 is 10.6 Å². The summed E-state index contributed by atoms with van der Waals surface area (Å²) in [6.07, 6.45) is 1.43. The minimum atomic E-state index is -1.06. The fourth-order valence-corrected chi connectivity index (χ4v) is 1.08. The molecule has 1 aromatic carbocycles. The van der Waals surface area contributed by atoms with Gasteiger partial charge in [-0.2, -0.15) is 5.10 Å². The predicted octanol–water partition coefficient (Wildman–Crippen LogP) is -0.312. The van der Waals surface area contributed by atoms with Gasteiger partial charge in [0.1, 0.15) is 0 Å². The number of rotatable bonds is 3. The second kappa shape index (κ2) is 5.64. The number of nitrogens with two attached hydrogens (primary N) is 1. The molecule has 3 N–H and O–H groups in total.